The van der Waals surface area contributed by atoms with E-state index in [-0.39, 0.29) is 24.6 Å². The minimum atomic E-state index is -3.12. The zero-order valence-electron chi connectivity index (χ0n) is 19.1. The molecule has 0 aliphatic carbocycles. The fourth-order valence-electron chi connectivity index (χ4n) is 4.59. The molecule has 2 aromatic carbocycles. The Morgan fingerprint density at radius 1 is 1.22 bits per heavy atom. The van der Waals surface area contributed by atoms with E-state index in [0.717, 1.165) is 36.8 Å². The van der Waals surface area contributed by atoms with E-state index in [0.29, 0.717) is 16.2 Å². The summed E-state index contributed by atoms with van der Waals surface area (Å²) in [6.45, 7) is 4.23. The Hall–Kier alpha value is -2.06. The summed E-state index contributed by atoms with van der Waals surface area (Å²) in [5, 5.41) is 13.0. The quantitative estimate of drug-likeness (QED) is 0.374. The molecular weight excluding hydrogens is 426 g/mol. The second-order valence-corrected chi connectivity index (χ2v) is 10.7. The van der Waals surface area contributed by atoms with Gasteiger partial charge in [0.05, 0.1) is 23.8 Å². The van der Waals surface area contributed by atoms with Crippen LogP contribution >= 0.6 is 10.6 Å². The van der Waals surface area contributed by atoms with Crippen LogP contribution in [0, 0.1) is 0 Å². The van der Waals surface area contributed by atoms with Crippen LogP contribution < -0.4 is 10.1 Å². The molecule has 1 aliphatic rings. The standard InChI is InChI=1S/C25H35NO5S/c1-4-6-14-25(5-2)17-32(29,30)22-15-19(12-13-23(27)28)21(31-3)16-20(22)24(26-25)18-10-8-7-9-11-18/h7-11,15-16,24,26,29-30H,4-6,12-14,17H2,1-3H3,(H,27,28). The van der Waals surface area contributed by atoms with E-state index < -0.39 is 22.1 Å². The Labute approximate surface area is 192 Å². The second kappa shape index (κ2) is 10.3. The van der Waals surface area contributed by atoms with E-state index in [2.05, 4.69) is 19.2 Å². The number of carbonyl (C=O) groups is 1. The average molecular weight is 462 g/mol. The van der Waals surface area contributed by atoms with Gasteiger partial charge in [-0.25, -0.2) is 0 Å². The number of aryl methyl sites for hydroxylation is 1. The molecule has 2 aromatic rings. The average Bonchev–Trinajstić information content (AvgIpc) is 2.88. The molecule has 0 radical (unpaired) electrons. The van der Waals surface area contributed by atoms with Gasteiger partial charge < -0.3 is 9.84 Å². The highest BCUT2D eigenvalue weighted by Gasteiger charge is 2.42. The molecule has 4 N–H and O–H groups in total. The van der Waals surface area contributed by atoms with E-state index >= 15 is 0 Å². The monoisotopic (exact) mass is 461 g/mol. The highest BCUT2D eigenvalue weighted by molar-refractivity contribution is 8.24. The van der Waals surface area contributed by atoms with E-state index in [1.165, 1.54) is 0 Å². The van der Waals surface area contributed by atoms with Gasteiger partial charge >= 0.3 is 5.97 Å². The van der Waals surface area contributed by atoms with Crippen molar-refractivity contribution < 1.29 is 23.7 Å². The van der Waals surface area contributed by atoms with Gasteiger partial charge in [-0.15, -0.1) is 0 Å². The Kier molecular flexibility index (Phi) is 7.88. The number of methoxy groups -OCH3 is 1. The number of carboxylic acid groups (broad SMARTS) is 1. The molecule has 1 heterocycles. The molecule has 0 saturated carbocycles. The molecule has 32 heavy (non-hydrogen) atoms. The molecular formula is C25H35NO5S. The Bertz CT molecular complexity index is 933. The van der Waals surface area contributed by atoms with Crippen LogP contribution in [-0.4, -0.2) is 38.6 Å². The SMILES string of the molecule is CCCCC1(CC)CS(O)(O)c2cc(CCC(=O)O)c(OC)cc2C(c2ccccc2)N1. The summed E-state index contributed by atoms with van der Waals surface area (Å²) in [7, 11) is -1.56. The van der Waals surface area contributed by atoms with Crippen LogP contribution in [0.3, 0.4) is 0 Å². The number of hydrogen-bond donors (Lipinski definition) is 4. The van der Waals surface area contributed by atoms with Crippen LogP contribution in [0.2, 0.25) is 0 Å². The molecule has 0 bridgehead atoms. The first kappa shape index (κ1) is 24.6. The lowest BCUT2D eigenvalue weighted by Gasteiger charge is -2.42. The molecule has 0 spiro atoms. The highest BCUT2D eigenvalue weighted by atomic mass is 32.3. The molecule has 2 atom stereocenters. The number of benzene rings is 2. The van der Waals surface area contributed by atoms with Crippen molar-refractivity contribution >= 4 is 16.6 Å². The van der Waals surface area contributed by atoms with Crippen molar-refractivity contribution in [3.63, 3.8) is 0 Å². The van der Waals surface area contributed by atoms with Gasteiger partial charge in [-0.3, -0.25) is 19.2 Å². The summed E-state index contributed by atoms with van der Waals surface area (Å²) in [5.74, 6) is -0.0974. The first-order chi connectivity index (χ1) is 15.2. The third-order valence-electron chi connectivity index (χ3n) is 6.43. The number of fused-ring (bicyclic) bond motifs is 1. The Balaban J connectivity index is 2.21. The molecule has 0 fully saturated rings. The molecule has 176 valence electrons. The number of carboxylic acids is 1. The summed E-state index contributed by atoms with van der Waals surface area (Å²) in [4.78, 5) is 11.7. The van der Waals surface area contributed by atoms with Crippen LogP contribution in [-0.2, 0) is 11.2 Å². The topological polar surface area (TPSA) is 99.0 Å². The van der Waals surface area contributed by atoms with Crippen LogP contribution in [0.5, 0.6) is 5.75 Å². The molecule has 0 amide bonds. The summed E-state index contributed by atoms with van der Waals surface area (Å²) < 4.78 is 28.5. The van der Waals surface area contributed by atoms with Gasteiger partial charge in [0.15, 0.2) is 0 Å². The number of rotatable bonds is 9. The number of aliphatic carboxylic acids is 1. The maximum absolute atomic E-state index is 11.4. The normalized spacial score (nSPS) is 23.1. The molecule has 1 aliphatic heterocycles. The van der Waals surface area contributed by atoms with Gasteiger partial charge in [0.2, 0.25) is 0 Å². The first-order valence-corrected chi connectivity index (χ1v) is 13.0. The van der Waals surface area contributed by atoms with E-state index in [9.17, 15) is 13.9 Å². The van der Waals surface area contributed by atoms with Crippen molar-refractivity contribution in [2.75, 3.05) is 12.9 Å². The number of unbranched alkanes of at least 4 members (excludes halogenated alkanes) is 1. The lowest BCUT2D eigenvalue weighted by Crippen LogP contribution is -2.49. The van der Waals surface area contributed by atoms with Gasteiger partial charge in [0.1, 0.15) is 5.75 Å². The Morgan fingerprint density at radius 2 is 1.94 bits per heavy atom. The maximum Gasteiger partial charge on any atom is 0.303 e. The number of nitrogens with one attached hydrogen (secondary N) is 1. The lowest BCUT2D eigenvalue weighted by molar-refractivity contribution is -0.136. The van der Waals surface area contributed by atoms with Gasteiger partial charge in [-0.05, 0) is 42.5 Å². The minimum Gasteiger partial charge on any atom is -0.496 e. The number of ether oxygens (including phenoxy) is 1. The molecule has 3 rings (SSSR count). The van der Waals surface area contributed by atoms with Crippen molar-refractivity contribution in [2.45, 2.75) is 68.8 Å². The van der Waals surface area contributed by atoms with Crippen molar-refractivity contribution in [1.29, 1.82) is 0 Å². The zero-order valence-corrected chi connectivity index (χ0v) is 20.0. The van der Waals surface area contributed by atoms with Crippen molar-refractivity contribution in [1.82, 2.24) is 5.32 Å². The predicted octanol–water partition coefficient (Wildman–Crippen LogP) is 5.85. The molecule has 7 heteroatoms. The smallest absolute Gasteiger partial charge is 0.303 e. The van der Waals surface area contributed by atoms with E-state index in [1.807, 2.05) is 36.4 Å². The largest absolute Gasteiger partial charge is 0.496 e. The van der Waals surface area contributed by atoms with Gasteiger partial charge in [-0.2, -0.15) is 10.6 Å². The van der Waals surface area contributed by atoms with Crippen LogP contribution in [0.15, 0.2) is 47.4 Å². The highest BCUT2D eigenvalue weighted by Crippen LogP contribution is 2.58. The molecule has 0 saturated heterocycles. The predicted molar refractivity (Wildman–Crippen MR) is 129 cm³/mol. The molecule has 0 aromatic heterocycles. The van der Waals surface area contributed by atoms with Crippen LogP contribution in [0.25, 0.3) is 0 Å². The fraction of sp³-hybridized carbons (Fsp3) is 0.480. The van der Waals surface area contributed by atoms with Crippen molar-refractivity contribution in [3.05, 3.63) is 59.2 Å². The third kappa shape index (κ3) is 5.29. The fourth-order valence-corrected chi connectivity index (χ4v) is 6.83. The van der Waals surface area contributed by atoms with E-state index in [1.54, 1.807) is 13.2 Å². The van der Waals surface area contributed by atoms with Crippen molar-refractivity contribution in [3.8, 4) is 5.75 Å². The first-order valence-electron chi connectivity index (χ1n) is 11.3. The van der Waals surface area contributed by atoms with E-state index in [4.69, 9.17) is 9.84 Å². The zero-order chi connectivity index (χ0) is 23.4. The second-order valence-electron chi connectivity index (χ2n) is 8.63. The van der Waals surface area contributed by atoms with Gasteiger partial charge in [0, 0.05) is 17.5 Å². The summed E-state index contributed by atoms with van der Waals surface area (Å²) in [6, 6.07) is 13.4. The van der Waals surface area contributed by atoms with Gasteiger partial charge in [0.25, 0.3) is 0 Å². The summed E-state index contributed by atoms with van der Waals surface area (Å²) in [5.41, 5.74) is 2.07. The summed E-state index contributed by atoms with van der Waals surface area (Å²) in [6.07, 6.45) is 3.84. The number of hydrogen-bond acceptors (Lipinski definition) is 5. The van der Waals surface area contributed by atoms with Crippen LogP contribution in [0.1, 0.15) is 68.7 Å². The van der Waals surface area contributed by atoms with Crippen LogP contribution in [0.4, 0.5) is 0 Å². The minimum absolute atomic E-state index is 0.0515. The molecule has 6 nitrogen and oxygen atoms in total. The van der Waals surface area contributed by atoms with Gasteiger partial charge in [-0.1, -0.05) is 57.0 Å². The maximum atomic E-state index is 11.4. The molecule has 2 unspecified atom stereocenters. The summed E-state index contributed by atoms with van der Waals surface area (Å²) >= 11 is 0. The lowest BCUT2D eigenvalue weighted by atomic mass is 9.87. The van der Waals surface area contributed by atoms with Crippen molar-refractivity contribution in [2.24, 2.45) is 0 Å². The Morgan fingerprint density at radius 3 is 2.53 bits per heavy atom. The third-order valence-corrected chi connectivity index (χ3v) is 8.44.